The number of hydrogen-bond acceptors (Lipinski definition) is 6. The van der Waals surface area contributed by atoms with Gasteiger partial charge in [0.25, 0.3) is 5.69 Å². The first-order valence-corrected chi connectivity index (χ1v) is 13.7. The molecule has 0 aliphatic rings. The second kappa shape index (κ2) is 17.3. The fourth-order valence-electron chi connectivity index (χ4n) is 4.27. The molecule has 202 valence electrons. The van der Waals surface area contributed by atoms with Gasteiger partial charge in [-0.2, -0.15) is 0 Å². The van der Waals surface area contributed by atoms with Gasteiger partial charge in [-0.3, -0.25) is 10.1 Å². The number of esters is 2. The van der Waals surface area contributed by atoms with Crippen molar-refractivity contribution >= 4 is 17.6 Å². The summed E-state index contributed by atoms with van der Waals surface area (Å²) in [6.45, 7) is 4.80. The van der Waals surface area contributed by atoms with E-state index in [1.165, 1.54) is 31.4 Å². The van der Waals surface area contributed by atoms with E-state index in [2.05, 4.69) is 13.8 Å². The first-order chi connectivity index (χ1) is 18.0. The third kappa shape index (κ3) is 9.98. The van der Waals surface area contributed by atoms with E-state index in [-0.39, 0.29) is 41.2 Å². The molecule has 0 amide bonds. The molecule has 0 N–H and O–H groups in total. The van der Waals surface area contributed by atoms with Crippen LogP contribution in [0.4, 0.5) is 5.69 Å². The fraction of sp³-hybridized carbons (Fsp3) is 0.533. The van der Waals surface area contributed by atoms with Crippen LogP contribution < -0.4 is 0 Å². The quantitative estimate of drug-likeness (QED) is 0.0864. The van der Waals surface area contributed by atoms with E-state index < -0.39 is 16.9 Å². The Morgan fingerprint density at radius 1 is 0.676 bits per heavy atom. The van der Waals surface area contributed by atoms with Crippen molar-refractivity contribution in [2.45, 2.75) is 90.9 Å². The molecule has 0 aromatic heterocycles. The molecule has 2 aromatic rings. The third-order valence-electron chi connectivity index (χ3n) is 6.34. The zero-order chi connectivity index (χ0) is 26.9. The molecular weight excluding hydrogens is 470 g/mol. The van der Waals surface area contributed by atoms with Crippen LogP contribution in [-0.4, -0.2) is 30.1 Å². The number of ether oxygens (including phenoxy) is 2. The summed E-state index contributed by atoms with van der Waals surface area (Å²) in [7, 11) is 0. The van der Waals surface area contributed by atoms with E-state index in [0.717, 1.165) is 57.8 Å². The van der Waals surface area contributed by atoms with Gasteiger partial charge in [0.1, 0.15) is 0 Å². The number of nitrogens with zero attached hydrogens (tertiary/aromatic N) is 1. The van der Waals surface area contributed by atoms with Gasteiger partial charge >= 0.3 is 11.9 Å². The van der Waals surface area contributed by atoms with Crippen LogP contribution in [-0.2, 0) is 9.47 Å². The molecular formula is C30H41NO6. The number of rotatable bonds is 18. The Hall–Kier alpha value is -3.22. The average molecular weight is 512 g/mol. The highest BCUT2D eigenvalue weighted by Gasteiger charge is 2.27. The maximum Gasteiger partial charge on any atom is 0.339 e. The molecule has 0 saturated heterocycles. The summed E-state index contributed by atoms with van der Waals surface area (Å²) in [5.41, 5.74) is 0.467. The lowest BCUT2D eigenvalue weighted by atomic mass is 9.94. The predicted molar refractivity (Wildman–Crippen MR) is 146 cm³/mol. The third-order valence-corrected chi connectivity index (χ3v) is 6.34. The van der Waals surface area contributed by atoms with Crippen LogP contribution in [0, 0.1) is 10.1 Å². The summed E-state index contributed by atoms with van der Waals surface area (Å²) in [6, 6.07) is 10.9. The highest BCUT2D eigenvalue weighted by atomic mass is 16.6. The van der Waals surface area contributed by atoms with Crippen LogP contribution in [0.15, 0.2) is 42.5 Å². The highest BCUT2D eigenvalue weighted by Crippen LogP contribution is 2.34. The monoisotopic (exact) mass is 511 g/mol. The molecule has 0 aliphatic carbocycles. The smallest absolute Gasteiger partial charge is 0.339 e. The minimum absolute atomic E-state index is 0.00993. The molecule has 0 aliphatic heterocycles. The number of para-hydroxylation sites is 1. The van der Waals surface area contributed by atoms with Gasteiger partial charge in [-0.1, -0.05) is 102 Å². The van der Waals surface area contributed by atoms with Crippen molar-refractivity contribution in [2.24, 2.45) is 0 Å². The van der Waals surface area contributed by atoms with E-state index in [4.69, 9.17) is 9.47 Å². The van der Waals surface area contributed by atoms with Crippen LogP contribution in [0.1, 0.15) is 112 Å². The summed E-state index contributed by atoms with van der Waals surface area (Å²) in [4.78, 5) is 37.5. The molecule has 0 radical (unpaired) electrons. The Balaban J connectivity index is 2.21. The molecule has 2 rings (SSSR count). The Morgan fingerprint density at radius 3 is 1.78 bits per heavy atom. The zero-order valence-electron chi connectivity index (χ0n) is 22.3. The van der Waals surface area contributed by atoms with Crippen molar-refractivity contribution in [3.8, 4) is 11.1 Å². The maximum atomic E-state index is 13.3. The minimum atomic E-state index is -0.672. The normalized spacial score (nSPS) is 10.8. The topological polar surface area (TPSA) is 95.7 Å². The van der Waals surface area contributed by atoms with Gasteiger partial charge in [0.05, 0.1) is 34.8 Å². The number of carbonyl (C=O) groups excluding carboxylic acids is 2. The summed E-state index contributed by atoms with van der Waals surface area (Å²) in [5.74, 6) is -1.30. The number of hydrogen-bond donors (Lipinski definition) is 0. The Bertz CT molecular complexity index is 1000. The molecule has 7 heteroatoms. The Morgan fingerprint density at radius 2 is 1.19 bits per heavy atom. The average Bonchev–Trinajstić information content (AvgIpc) is 2.91. The predicted octanol–water partition coefficient (Wildman–Crippen LogP) is 8.30. The fourth-order valence-corrected chi connectivity index (χ4v) is 4.27. The van der Waals surface area contributed by atoms with Crippen molar-refractivity contribution in [1.82, 2.24) is 0 Å². The number of unbranched alkanes of at least 4 members (excludes halogenated alkanes) is 10. The maximum absolute atomic E-state index is 13.3. The standard InChI is InChI=1S/C30H41NO6/c1-3-5-7-9-11-15-22-36-29(32)26-20-17-19-25(24-18-13-14-21-27(24)31(34)35)28(26)30(33)37-23-16-12-10-8-6-4-2/h13-14,17-21H,3-12,15-16,22-23H2,1-2H3. The number of benzene rings is 2. The lowest BCUT2D eigenvalue weighted by molar-refractivity contribution is -0.384. The molecule has 0 saturated carbocycles. The summed E-state index contributed by atoms with van der Waals surface area (Å²) in [5, 5.41) is 11.7. The molecule has 2 aromatic carbocycles. The summed E-state index contributed by atoms with van der Waals surface area (Å²) >= 11 is 0. The number of carbonyl (C=O) groups is 2. The van der Waals surface area contributed by atoms with E-state index >= 15 is 0 Å². The van der Waals surface area contributed by atoms with Crippen LogP contribution in [0.2, 0.25) is 0 Å². The number of nitro groups is 1. The molecule has 0 unspecified atom stereocenters. The molecule has 0 fully saturated rings. The van der Waals surface area contributed by atoms with E-state index in [1.807, 2.05) is 0 Å². The van der Waals surface area contributed by atoms with Crippen molar-refractivity contribution in [2.75, 3.05) is 13.2 Å². The molecule has 7 nitrogen and oxygen atoms in total. The van der Waals surface area contributed by atoms with Crippen LogP contribution in [0.3, 0.4) is 0 Å². The zero-order valence-corrected chi connectivity index (χ0v) is 22.3. The SMILES string of the molecule is CCCCCCCCOC(=O)c1cccc(-c2ccccc2[N+](=O)[O-])c1C(=O)OCCCCCCCC. The van der Waals surface area contributed by atoms with E-state index in [9.17, 15) is 19.7 Å². The van der Waals surface area contributed by atoms with E-state index in [0.29, 0.717) is 0 Å². The molecule has 37 heavy (non-hydrogen) atoms. The number of nitro benzene ring substituents is 1. The summed E-state index contributed by atoms with van der Waals surface area (Å²) < 4.78 is 11.0. The van der Waals surface area contributed by atoms with E-state index in [1.54, 1.807) is 30.3 Å². The van der Waals surface area contributed by atoms with Crippen LogP contribution in [0.5, 0.6) is 0 Å². The summed E-state index contributed by atoms with van der Waals surface area (Å²) in [6.07, 6.45) is 12.6. The van der Waals surface area contributed by atoms with Gasteiger partial charge in [-0.15, -0.1) is 0 Å². The van der Waals surface area contributed by atoms with Gasteiger partial charge in [0.15, 0.2) is 0 Å². The minimum Gasteiger partial charge on any atom is -0.462 e. The highest BCUT2D eigenvalue weighted by molar-refractivity contribution is 6.08. The van der Waals surface area contributed by atoms with Crippen molar-refractivity contribution in [3.63, 3.8) is 0 Å². The Kier molecular flexibility index (Phi) is 14.0. The second-order valence-corrected chi connectivity index (χ2v) is 9.31. The van der Waals surface area contributed by atoms with Gasteiger partial charge in [-0.25, -0.2) is 9.59 Å². The first-order valence-electron chi connectivity index (χ1n) is 13.7. The largest absolute Gasteiger partial charge is 0.462 e. The van der Waals surface area contributed by atoms with Gasteiger partial charge < -0.3 is 9.47 Å². The van der Waals surface area contributed by atoms with Gasteiger partial charge in [0.2, 0.25) is 0 Å². The van der Waals surface area contributed by atoms with Crippen LogP contribution >= 0.6 is 0 Å². The van der Waals surface area contributed by atoms with Crippen molar-refractivity contribution < 1.29 is 24.0 Å². The van der Waals surface area contributed by atoms with Crippen molar-refractivity contribution in [3.05, 3.63) is 63.7 Å². The molecule has 0 heterocycles. The van der Waals surface area contributed by atoms with Crippen LogP contribution in [0.25, 0.3) is 11.1 Å². The molecule has 0 spiro atoms. The van der Waals surface area contributed by atoms with Crippen molar-refractivity contribution in [1.29, 1.82) is 0 Å². The van der Waals surface area contributed by atoms with Gasteiger partial charge in [0, 0.05) is 11.6 Å². The van der Waals surface area contributed by atoms with Gasteiger partial charge in [-0.05, 0) is 25.0 Å². The molecule has 0 bridgehead atoms. The lowest BCUT2D eigenvalue weighted by Gasteiger charge is -2.14. The Labute approximate surface area is 220 Å². The lowest BCUT2D eigenvalue weighted by Crippen LogP contribution is -2.16. The first kappa shape index (κ1) is 30.0. The second-order valence-electron chi connectivity index (χ2n) is 9.31. The molecule has 0 atom stereocenters.